The Bertz CT molecular complexity index is 827. The fraction of sp³-hybridized carbons (Fsp3) is 0.450. The number of nitrogens with zero attached hydrogens (tertiary/aromatic N) is 4. The summed E-state index contributed by atoms with van der Waals surface area (Å²) >= 11 is 0. The number of fused-ring (bicyclic) bond motifs is 1. The minimum absolute atomic E-state index is 0.0343. The summed E-state index contributed by atoms with van der Waals surface area (Å²) in [5, 5.41) is 11.8. The summed E-state index contributed by atoms with van der Waals surface area (Å²) in [6, 6.07) is 8.16. The summed E-state index contributed by atoms with van der Waals surface area (Å²) in [6.45, 7) is 7.08. The minimum Gasteiger partial charge on any atom is -0.352 e. The normalized spacial score (nSPS) is 16.5. The molecule has 1 aromatic heterocycles. The molecule has 0 saturated carbocycles. The van der Waals surface area contributed by atoms with Crippen LogP contribution < -0.4 is 10.2 Å². The second-order valence-electron chi connectivity index (χ2n) is 7.23. The quantitative estimate of drug-likeness (QED) is 0.904. The molecular weight excluding hydrogens is 326 g/mol. The van der Waals surface area contributed by atoms with Gasteiger partial charge in [0.05, 0.1) is 5.69 Å². The molecule has 26 heavy (non-hydrogen) atoms. The first kappa shape index (κ1) is 16.8. The molecule has 0 spiro atoms. The van der Waals surface area contributed by atoms with E-state index in [0.29, 0.717) is 13.1 Å². The lowest BCUT2D eigenvalue weighted by Gasteiger charge is -2.35. The van der Waals surface area contributed by atoms with Crippen molar-refractivity contribution in [3.05, 3.63) is 46.6 Å². The number of hydrogen-bond acceptors (Lipinski definition) is 4. The monoisotopic (exact) mass is 351 g/mol. The van der Waals surface area contributed by atoms with E-state index in [0.717, 1.165) is 43.1 Å². The summed E-state index contributed by atoms with van der Waals surface area (Å²) < 4.78 is 0. The lowest BCUT2D eigenvalue weighted by atomic mass is 10.1. The molecule has 2 amide bonds. The van der Waals surface area contributed by atoms with Crippen molar-refractivity contribution in [3.63, 3.8) is 0 Å². The Hall–Kier alpha value is -2.63. The Morgan fingerprint density at radius 3 is 2.58 bits per heavy atom. The molecule has 1 aliphatic carbocycles. The van der Waals surface area contributed by atoms with Crippen molar-refractivity contribution in [2.24, 2.45) is 0 Å². The lowest BCUT2D eigenvalue weighted by molar-refractivity contribution is 0.208. The van der Waals surface area contributed by atoms with Crippen LogP contribution in [-0.2, 0) is 12.8 Å². The van der Waals surface area contributed by atoms with Crippen LogP contribution in [0.1, 0.15) is 28.8 Å². The van der Waals surface area contributed by atoms with Crippen LogP contribution in [0.4, 0.5) is 16.3 Å². The van der Waals surface area contributed by atoms with Crippen LogP contribution in [0.2, 0.25) is 0 Å². The number of carbonyl (C=O) groups is 1. The van der Waals surface area contributed by atoms with Crippen molar-refractivity contribution >= 4 is 17.5 Å². The van der Waals surface area contributed by atoms with Crippen LogP contribution in [0.5, 0.6) is 0 Å². The van der Waals surface area contributed by atoms with E-state index in [1.807, 2.05) is 23.1 Å². The summed E-state index contributed by atoms with van der Waals surface area (Å²) in [5.41, 5.74) is 5.75. The van der Waals surface area contributed by atoms with E-state index in [-0.39, 0.29) is 6.03 Å². The van der Waals surface area contributed by atoms with E-state index >= 15 is 0 Å². The van der Waals surface area contributed by atoms with Gasteiger partial charge in [-0.1, -0.05) is 6.07 Å². The molecule has 4 rings (SSSR count). The summed E-state index contributed by atoms with van der Waals surface area (Å²) in [7, 11) is 0. The topological polar surface area (TPSA) is 61.4 Å². The number of nitrogens with one attached hydrogen (secondary N) is 1. The van der Waals surface area contributed by atoms with Crippen LogP contribution in [0.15, 0.2) is 24.3 Å². The first-order valence-electron chi connectivity index (χ1n) is 9.34. The average molecular weight is 351 g/mol. The number of urea groups is 1. The van der Waals surface area contributed by atoms with Crippen LogP contribution in [0.3, 0.4) is 0 Å². The number of piperazine rings is 1. The number of hydrogen-bond donors (Lipinski definition) is 1. The zero-order valence-corrected chi connectivity index (χ0v) is 15.5. The smallest absolute Gasteiger partial charge is 0.321 e. The Kier molecular flexibility index (Phi) is 4.49. The van der Waals surface area contributed by atoms with Crippen molar-refractivity contribution in [1.29, 1.82) is 0 Å². The SMILES string of the molecule is Cc1ccc(NC(=O)N2CCN(c3cc4c(nn3)CCC4)CC2)cc1C. The van der Waals surface area contributed by atoms with E-state index in [9.17, 15) is 4.79 Å². The van der Waals surface area contributed by atoms with E-state index in [1.54, 1.807) is 0 Å². The van der Waals surface area contributed by atoms with Crippen molar-refractivity contribution in [2.75, 3.05) is 36.4 Å². The van der Waals surface area contributed by atoms with Gasteiger partial charge in [-0.2, -0.15) is 5.10 Å². The molecule has 0 atom stereocenters. The van der Waals surface area contributed by atoms with E-state index in [4.69, 9.17) is 0 Å². The van der Waals surface area contributed by atoms with Gasteiger partial charge in [-0.05, 0) is 68.0 Å². The summed E-state index contributed by atoms with van der Waals surface area (Å²) in [6.07, 6.45) is 3.34. The number of anilines is 2. The number of carbonyl (C=O) groups excluding carboxylic acids is 1. The van der Waals surface area contributed by atoms with E-state index in [2.05, 4.69) is 40.3 Å². The molecule has 6 heteroatoms. The van der Waals surface area contributed by atoms with Crippen molar-refractivity contribution in [3.8, 4) is 0 Å². The second-order valence-corrected chi connectivity index (χ2v) is 7.23. The Morgan fingerprint density at radius 2 is 1.81 bits per heavy atom. The first-order chi connectivity index (χ1) is 12.6. The Balaban J connectivity index is 1.35. The molecule has 0 bridgehead atoms. The van der Waals surface area contributed by atoms with E-state index < -0.39 is 0 Å². The third-order valence-corrected chi connectivity index (χ3v) is 5.46. The van der Waals surface area contributed by atoms with Gasteiger partial charge < -0.3 is 15.1 Å². The molecule has 2 heterocycles. The Labute approximate surface area is 154 Å². The van der Waals surface area contributed by atoms with Gasteiger partial charge in [-0.15, -0.1) is 5.10 Å². The van der Waals surface area contributed by atoms with Crippen LogP contribution >= 0.6 is 0 Å². The third-order valence-electron chi connectivity index (χ3n) is 5.46. The first-order valence-corrected chi connectivity index (χ1v) is 9.34. The third kappa shape index (κ3) is 3.36. The molecule has 1 aromatic carbocycles. The summed E-state index contributed by atoms with van der Waals surface area (Å²) in [5.74, 6) is 0.944. The van der Waals surface area contributed by atoms with Gasteiger partial charge >= 0.3 is 6.03 Å². The predicted octanol–water partition coefficient (Wildman–Crippen LogP) is 2.94. The van der Waals surface area contributed by atoms with Gasteiger partial charge in [0.25, 0.3) is 0 Å². The average Bonchev–Trinajstić information content (AvgIpc) is 3.12. The lowest BCUT2D eigenvalue weighted by Crippen LogP contribution is -2.50. The molecule has 0 unspecified atom stereocenters. The number of aromatic nitrogens is 2. The maximum absolute atomic E-state index is 12.5. The molecular formula is C20H25N5O. The minimum atomic E-state index is -0.0343. The fourth-order valence-corrected chi connectivity index (χ4v) is 3.63. The molecule has 2 aromatic rings. The second kappa shape index (κ2) is 6.94. The fourth-order valence-electron chi connectivity index (χ4n) is 3.63. The van der Waals surface area contributed by atoms with Crippen molar-refractivity contribution < 1.29 is 4.79 Å². The molecule has 1 aliphatic heterocycles. The number of benzene rings is 1. The zero-order valence-electron chi connectivity index (χ0n) is 15.5. The van der Waals surface area contributed by atoms with Crippen LogP contribution in [0.25, 0.3) is 0 Å². The standard InChI is InChI=1S/C20H25N5O/c1-14-6-7-17(12-15(14)2)21-20(26)25-10-8-24(9-11-25)19-13-16-4-3-5-18(16)22-23-19/h6-7,12-13H,3-5,8-11H2,1-2H3,(H,21,26). The molecule has 136 valence electrons. The van der Waals surface area contributed by atoms with Gasteiger partial charge in [-0.3, -0.25) is 0 Å². The largest absolute Gasteiger partial charge is 0.352 e. The Morgan fingerprint density at radius 1 is 1.00 bits per heavy atom. The van der Waals surface area contributed by atoms with Gasteiger partial charge in [0.15, 0.2) is 5.82 Å². The highest BCUT2D eigenvalue weighted by Gasteiger charge is 2.23. The number of amides is 2. The van der Waals surface area contributed by atoms with Crippen LogP contribution in [0, 0.1) is 13.8 Å². The molecule has 0 radical (unpaired) electrons. The molecule has 2 aliphatic rings. The number of aryl methyl sites for hydroxylation is 4. The van der Waals surface area contributed by atoms with E-state index in [1.165, 1.54) is 23.1 Å². The predicted molar refractivity (Wildman–Crippen MR) is 103 cm³/mol. The summed E-state index contributed by atoms with van der Waals surface area (Å²) in [4.78, 5) is 16.6. The van der Waals surface area contributed by atoms with Gasteiger partial charge in [0, 0.05) is 31.9 Å². The van der Waals surface area contributed by atoms with Gasteiger partial charge in [0.2, 0.25) is 0 Å². The highest BCUT2D eigenvalue weighted by Crippen LogP contribution is 2.23. The maximum atomic E-state index is 12.5. The highest BCUT2D eigenvalue weighted by molar-refractivity contribution is 5.89. The molecule has 1 saturated heterocycles. The zero-order chi connectivity index (χ0) is 18.1. The molecule has 1 N–H and O–H groups in total. The number of rotatable bonds is 2. The molecule has 1 fully saturated rings. The molecule has 6 nitrogen and oxygen atoms in total. The van der Waals surface area contributed by atoms with Gasteiger partial charge in [-0.25, -0.2) is 4.79 Å². The van der Waals surface area contributed by atoms with Crippen molar-refractivity contribution in [2.45, 2.75) is 33.1 Å². The van der Waals surface area contributed by atoms with Gasteiger partial charge in [0.1, 0.15) is 0 Å². The van der Waals surface area contributed by atoms with Crippen LogP contribution in [-0.4, -0.2) is 47.3 Å². The highest BCUT2D eigenvalue weighted by atomic mass is 16.2. The maximum Gasteiger partial charge on any atom is 0.321 e. The van der Waals surface area contributed by atoms with Crippen molar-refractivity contribution in [1.82, 2.24) is 15.1 Å².